The second-order valence-corrected chi connectivity index (χ2v) is 9.25. The molecule has 0 aromatic carbocycles. The van der Waals surface area contributed by atoms with E-state index in [1.54, 1.807) is 0 Å². The van der Waals surface area contributed by atoms with Crippen molar-refractivity contribution >= 4 is 65.6 Å². The number of ether oxygens (including phenoxy) is 1. The smallest absolute Gasteiger partial charge is 0.364 e. The van der Waals surface area contributed by atoms with E-state index < -0.39 is 42.6 Å². The number of aromatic nitrogens is 4. The summed E-state index contributed by atoms with van der Waals surface area (Å²) in [5.41, 5.74) is 6.44. The number of fused-ring (bicyclic) bond motifs is 1. The molecule has 4 atom stereocenters. The van der Waals surface area contributed by atoms with Crippen LogP contribution in [0.1, 0.15) is 12.6 Å². The normalized spacial score (nSPS) is 25.0. The number of nitrogen functional groups attached to an aromatic ring is 1. The van der Waals surface area contributed by atoms with Crippen molar-refractivity contribution in [2.24, 2.45) is 0 Å². The van der Waals surface area contributed by atoms with Crippen molar-refractivity contribution in [3.8, 4) is 0 Å². The molecule has 16 heteroatoms. The number of rotatable bonds is 5. The molecule has 3 heterocycles. The average Bonchev–Trinajstić information content (AvgIpc) is 3.16. The molecular formula is C12H12Cl3N5O7P-. The molecule has 1 aliphatic rings. The van der Waals surface area contributed by atoms with Crippen molar-refractivity contribution in [1.29, 1.82) is 0 Å². The lowest BCUT2D eigenvalue weighted by Crippen LogP contribution is -2.29. The number of carbonyl (C=O) groups is 1. The summed E-state index contributed by atoms with van der Waals surface area (Å²) in [6.07, 6.45) is -0.148. The highest BCUT2D eigenvalue weighted by atomic mass is 35.6. The standard InChI is InChI=1S/C12H13Cl3N5O7P/c13-12(14,15)11(22)27-28(23,24)25-2-6-5(21)1-7(26-6)20-4-19-8-9(16)17-3-18-10(8)20/h3-7,21H,1-2H2,(H,23,24)(H2,16,17,18)/p-1/t5-,6+,7+/m0/s1. The predicted molar refractivity (Wildman–Crippen MR) is 94.2 cm³/mol. The molecule has 1 saturated heterocycles. The number of aliphatic hydroxyl groups excluding tert-OH is 1. The molecule has 1 fully saturated rings. The van der Waals surface area contributed by atoms with E-state index in [2.05, 4.69) is 24.0 Å². The third-order valence-electron chi connectivity index (χ3n) is 3.72. The van der Waals surface area contributed by atoms with E-state index >= 15 is 0 Å². The van der Waals surface area contributed by atoms with Crippen molar-refractivity contribution in [3.63, 3.8) is 0 Å². The van der Waals surface area contributed by atoms with Crippen LogP contribution in [0.3, 0.4) is 0 Å². The molecule has 1 unspecified atom stereocenters. The van der Waals surface area contributed by atoms with Gasteiger partial charge in [0.25, 0.3) is 3.79 Å². The summed E-state index contributed by atoms with van der Waals surface area (Å²) in [6, 6.07) is 0. The zero-order chi connectivity index (χ0) is 20.7. The quantitative estimate of drug-likeness (QED) is 0.454. The summed E-state index contributed by atoms with van der Waals surface area (Å²) in [7, 11) is -5.15. The van der Waals surface area contributed by atoms with Gasteiger partial charge in [-0.2, -0.15) is 0 Å². The van der Waals surface area contributed by atoms with Crippen molar-refractivity contribution in [2.45, 2.75) is 28.6 Å². The van der Waals surface area contributed by atoms with Crippen LogP contribution >= 0.6 is 42.6 Å². The third kappa shape index (κ3) is 4.66. The maximum absolute atomic E-state index is 11.7. The highest BCUT2D eigenvalue weighted by molar-refractivity contribution is 7.46. The third-order valence-corrected chi connectivity index (χ3v) is 5.04. The molecule has 0 radical (unpaired) electrons. The summed E-state index contributed by atoms with van der Waals surface area (Å²) in [5, 5.41) is 10.1. The zero-order valence-corrected chi connectivity index (χ0v) is 16.8. The molecule has 0 saturated carbocycles. The summed E-state index contributed by atoms with van der Waals surface area (Å²) >= 11 is 15.7. The van der Waals surface area contributed by atoms with Gasteiger partial charge in [-0.15, -0.1) is 0 Å². The van der Waals surface area contributed by atoms with Crippen molar-refractivity contribution in [3.05, 3.63) is 12.7 Å². The van der Waals surface area contributed by atoms with E-state index in [4.69, 9.17) is 45.3 Å². The number of nitrogens with zero attached hydrogens (tertiary/aromatic N) is 4. The number of carbonyl (C=O) groups excluding carboxylic acids is 1. The van der Waals surface area contributed by atoms with Gasteiger partial charge in [-0.05, 0) is 0 Å². The molecule has 3 rings (SSSR count). The van der Waals surface area contributed by atoms with Crippen LogP contribution in [0.4, 0.5) is 5.82 Å². The lowest BCUT2D eigenvalue weighted by atomic mass is 10.2. The Morgan fingerprint density at radius 3 is 2.86 bits per heavy atom. The molecule has 0 amide bonds. The van der Waals surface area contributed by atoms with Gasteiger partial charge in [0.2, 0.25) is 0 Å². The largest absolute Gasteiger partial charge is 0.746 e. The molecule has 2 aromatic heterocycles. The first-order valence-corrected chi connectivity index (χ1v) is 10.1. The molecule has 12 nitrogen and oxygen atoms in total. The molecule has 28 heavy (non-hydrogen) atoms. The Morgan fingerprint density at radius 2 is 2.18 bits per heavy atom. The Balaban J connectivity index is 1.65. The fraction of sp³-hybridized carbons (Fsp3) is 0.500. The highest BCUT2D eigenvalue weighted by Crippen LogP contribution is 2.43. The number of phosphoric acid groups is 1. The van der Waals surface area contributed by atoms with E-state index in [1.807, 2.05) is 0 Å². The van der Waals surface area contributed by atoms with E-state index in [-0.39, 0.29) is 12.2 Å². The Bertz CT molecular complexity index is 938. The lowest BCUT2D eigenvalue weighted by molar-refractivity contribution is -0.227. The van der Waals surface area contributed by atoms with Gasteiger partial charge in [-0.1, -0.05) is 34.8 Å². The summed E-state index contributed by atoms with van der Waals surface area (Å²) < 4.78 is 24.8. The van der Waals surface area contributed by atoms with Crippen LogP contribution in [0, 0.1) is 0 Å². The number of halogens is 3. The molecule has 0 aliphatic carbocycles. The maximum Gasteiger partial charge on any atom is 0.364 e. The van der Waals surface area contributed by atoms with Gasteiger partial charge in [0, 0.05) is 6.42 Å². The molecular weight excluding hydrogens is 463 g/mol. The Kier molecular flexibility index (Phi) is 6.04. The number of imidazole rings is 1. The minimum absolute atomic E-state index is 0.0838. The first kappa shape index (κ1) is 21.5. The minimum Gasteiger partial charge on any atom is -0.746 e. The first-order chi connectivity index (χ1) is 13.0. The second-order valence-electron chi connectivity index (χ2n) is 5.63. The van der Waals surface area contributed by atoms with Gasteiger partial charge in [-0.3, -0.25) is 9.13 Å². The van der Waals surface area contributed by atoms with Crippen molar-refractivity contribution in [1.82, 2.24) is 19.5 Å². The topological polar surface area (TPSA) is 175 Å². The van der Waals surface area contributed by atoms with E-state index in [9.17, 15) is 19.4 Å². The van der Waals surface area contributed by atoms with Crippen molar-refractivity contribution < 1.29 is 33.1 Å². The van der Waals surface area contributed by atoms with Crippen LogP contribution in [-0.4, -0.2) is 53.2 Å². The van der Waals surface area contributed by atoms with Crippen LogP contribution in [0.5, 0.6) is 0 Å². The van der Waals surface area contributed by atoms with E-state index in [0.29, 0.717) is 11.2 Å². The van der Waals surface area contributed by atoms with Crippen molar-refractivity contribution in [2.75, 3.05) is 12.3 Å². The predicted octanol–water partition coefficient (Wildman–Crippen LogP) is 0.455. The van der Waals surface area contributed by atoms with Crippen LogP contribution in [0.25, 0.3) is 11.2 Å². The minimum atomic E-state index is -5.15. The number of alkyl halides is 3. The van der Waals surface area contributed by atoms with E-state index in [0.717, 1.165) is 0 Å². The van der Waals surface area contributed by atoms with Gasteiger partial charge in [0.1, 0.15) is 24.2 Å². The second kappa shape index (κ2) is 7.88. The Hall–Kier alpha value is -1.24. The van der Waals surface area contributed by atoms with Crippen LogP contribution in [0.2, 0.25) is 0 Å². The number of anilines is 1. The van der Waals surface area contributed by atoms with Gasteiger partial charge >= 0.3 is 13.8 Å². The fourth-order valence-electron chi connectivity index (χ4n) is 2.46. The summed E-state index contributed by atoms with van der Waals surface area (Å²) in [5.74, 6) is -1.48. The number of hydrogen-bond donors (Lipinski definition) is 2. The van der Waals surface area contributed by atoms with Gasteiger partial charge in [0.05, 0.1) is 19.0 Å². The SMILES string of the molecule is Nc1ncnc2c1ncn2[C@H]1C[C@H](O)[C@@H](COP(=O)([O-])OC(=O)C(Cl)(Cl)Cl)O1. The number of phosphoric ester groups is 1. The average molecular weight is 476 g/mol. The molecule has 1 aliphatic heterocycles. The Labute approximate surface area is 172 Å². The summed E-state index contributed by atoms with van der Waals surface area (Å²) in [4.78, 5) is 35.0. The molecule has 0 bridgehead atoms. The monoisotopic (exact) mass is 474 g/mol. The molecule has 0 spiro atoms. The number of nitrogens with two attached hydrogens (primary N) is 1. The van der Waals surface area contributed by atoms with Gasteiger partial charge < -0.3 is 29.5 Å². The zero-order valence-electron chi connectivity index (χ0n) is 13.6. The van der Waals surface area contributed by atoms with Crippen LogP contribution in [0.15, 0.2) is 12.7 Å². The molecule has 3 N–H and O–H groups in total. The number of hydrogen-bond acceptors (Lipinski definition) is 11. The Morgan fingerprint density at radius 1 is 1.46 bits per heavy atom. The van der Waals surface area contributed by atoms with Gasteiger partial charge in [0.15, 0.2) is 11.5 Å². The van der Waals surface area contributed by atoms with Crippen LogP contribution < -0.4 is 10.6 Å². The molecule has 2 aromatic rings. The fourth-order valence-corrected chi connectivity index (χ4v) is 3.46. The summed E-state index contributed by atoms with van der Waals surface area (Å²) in [6.45, 7) is -0.644. The molecule has 154 valence electrons. The first-order valence-electron chi connectivity index (χ1n) is 7.51. The lowest BCUT2D eigenvalue weighted by Gasteiger charge is -2.25. The van der Waals surface area contributed by atoms with Gasteiger partial charge in [-0.25, -0.2) is 19.7 Å². The van der Waals surface area contributed by atoms with Crippen LogP contribution in [-0.2, 0) is 23.1 Å². The highest BCUT2D eigenvalue weighted by Gasteiger charge is 2.39. The van der Waals surface area contributed by atoms with E-state index in [1.165, 1.54) is 17.2 Å². The number of aliphatic hydroxyl groups is 1. The maximum atomic E-state index is 11.7.